The van der Waals surface area contributed by atoms with Crippen LogP contribution in [0.15, 0.2) is 36.5 Å². The Morgan fingerprint density at radius 2 is 2.07 bits per heavy atom. The minimum Gasteiger partial charge on any atom is -0.276 e. The van der Waals surface area contributed by atoms with Gasteiger partial charge in [0.2, 0.25) is 0 Å². The monoisotopic (exact) mass is 200 g/mol. The Hall–Kier alpha value is -1.57. The van der Waals surface area contributed by atoms with Crippen molar-refractivity contribution in [2.24, 2.45) is 7.05 Å². The summed E-state index contributed by atoms with van der Waals surface area (Å²) in [6.45, 7) is 4.31. The van der Waals surface area contributed by atoms with Crippen LogP contribution in [0.2, 0.25) is 0 Å². The summed E-state index contributed by atoms with van der Waals surface area (Å²) in [4.78, 5) is 0. The molecule has 78 valence electrons. The number of benzene rings is 1. The summed E-state index contributed by atoms with van der Waals surface area (Å²) in [5.74, 6) is 0.367. The van der Waals surface area contributed by atoms with Crippen molar-refractivity contribution in [2.45, 2.75) is 19.8 Å². The minimum atomic E-state index is 0.367. The Kier molecular flexibility index (Phi) is 2.58. The molecule has 2 nitrogen and oxygen atoms in total. The summed E-state index contributed by atoms with van der Waals surface area (Å²) in [7, 11) is 1.95. The number of hydrogen-bond acceptors (Lipinski definition) is 1. The second-order valence-corrected chi connectivity index (χ2v) is 4.05. The molecule has 1 atom stereocenters. The molecule has 2 rings (SSSR count). The van der Waals surface area contributed by atoms with Gasteiger partial charge in [-0.05, 0) is 18.6 Å². The van der Waals surface area contributed by atoms with Gasteiger partial charge in [0, 0.05) is 19.2 Å². The average Bonchev–Trinajstić information content (AvgIpc) is 2.64. The van der Waals surface area contributed by atoms with Crippen LogP contribution in [0.3, 0.4) is 0 Å². The maximum absolute atomic E-state index is 4.43. The van der Waals surface area contributed by atoms with Crippen LogP contribution in [0.25, 0.3) is 0 Å². The van der Waals surface area contributed by atoms with Gasteiger partial charge in [-0.25, -0.2) is 0 Å². The second kappa shape index (κ2) is 3.89. The van der Waals surface area contributed by atoms with Crippen molar-refractivity contribution in [1.82, 2.24) is 9.78 Å². The fourth-order valence-corrected chi connectivity index (χ4v) is 1.77. The molecule has 0 aliphatic heterocycles. The molecule has 15 heavy (non-hydrogen) atoms. The van der Waals surface area contributed by atoms with Gasteiger partial charge in [0.25, 0.3) is 0 Å². The molecular formula is C13H16N2. The van der Waals surface area contributed by atoms with Crippen molar-refractivity contribution in [3.63, 3.8) is 0 Å². The molecule has 0 spiro atoms. The highest BCUT2D eigenvalue weighted by molar-refractivity contribution is 5.30. The standard InChI is InChI=1S/C13H16N2/c1-10-5-4-6-12(9-10)11(2)13-7-8-15(3)14-13/h4-9,11H,1-3H3/t11-/m0/s1. The first-order valence-corrected chi connectivity index (χ1v) is 5.23. The summed E-state index contributed by atoms with van der Waals surface area (Å²) < 4.78 is 1.85. The molecule has 0 unspecified atom stereocenters. The lowest BCUT2D eigenvalue weighted by molar-refractivity contribution is 0.725. The van der Waals surface area contributed by atoms with Gasteiger partial charge in [0.15, 0.2) is 0 Å². The lowest BCUT2D eigenvalue weighted by Crippen LogP contribution is -1.98. The number of aryl methyl sites for hydroxylation is 2. The van der Waals surface area contributed by atoms with E-state index >= 15 is 0 Å². The predicted molar refractivity (Wildman–Crippen MR) is 61.9 cm³/mol. The van der Waals surface area contributed by atoms with E-state index in [1.165, 1.54) is 11.1 Å². The lowest BCUT2D eigenvalue weighted by atomic mass is 9.97. The molecule has 0 radical (unpaired) electrons. The van der Waals surface area contributed by atoms with Gasteiger partial charge in [-0.2, -0.15) is 5.10 Å². The van der Waals surface area contributed by atoms with Gasteiger partial charge in [0.1, 0.15) is 0 Å². The van der Waals surface area contributed by atoms with Gasteiger partial charge in [-0.1, -0.05) is 36.8 Å². The first kappa shape index (κ1) is 9.97. The third kappa shape index (κ3) is 2.09. The first-order chi connectivity index (χ1) is 7.16. The van der Waals surface area contributed by atoms with E-state index in [1.54, 1.807) is 0 Å². The van der Waals surface area contributed by atoms with Crippen molar-refractivity contribution < 1.29 is 0 Å². The number of hydrogen-bond donors (Lipinski definition) is 0. The Labute approximate surface area is 90.6 Å². The maximum atomic E-state index is 4.43. The largest absolute Gasteiger partial charge is 0.276 e. The Morgan fingerprint density at radius 3 is 2.67 bits per heavy atom. The molecule has 0 aliphatic carbocycles. The molecule has 2 heteroatoms. The summed E-state index contributed by atoms with van der Waals surface area (Å²) in [5.41, 5.74) is 3.76. The van der Waals surface area contributed by atoms with E-state index in [1.807, 2.05) is 17.9 Å². The van der Waals surface area contributed by atoms with Crippen molar-refractivity contribution in [2.75, 3.05) is 0 Å². The van der Waals surface area contributed by atoms with Gasteiger partial charge >= 0.3 is 0 Å². The molecule has 0 saturated heterocycles. The number of nitrogens with zero attached hydrogens (tertiary/aromatic N) is 2. The van der Waals surface area contributed by atoms with E-state index in [2.05, 4.69) is 49.3 Å². The zero-order valence-electron chi connectivity index (χ0n) is 9.44. The Morgan fingerprint density at radius 1 is 1.27 bits per heavy atom. The zero-order chi connectivity index (χ0) is 10.8. The van der Waals surface area contributed by atoms with E-state index in [0.717, 1.165) is 5.69 Å². The van der Waals surface area contributed by atoms with Crippen LogP contribution in [0.5, 0.6) is 0 Å². The molecule has 1 aromatic carbocycles. The lowest BCUT2D eigenvalue weighted by Gasteiger charge is -2.09. The summed E-state index contributed by atoms with van der Waals surface area (Å²) >= 11 is 0. The zero-order valence-corrected chi connectivity index (χ0v) is 9.44. The van der Waals surface area contributed by atoms with Crippen molar-refractivity contribution in [3.05, 3.63) is 53.3 Å². The average molecular weight is 200 g/mol. The van der Waals surface area contributed by atoms with E-state index in [0.29, 0.717) is 5.92 Å². The first-order valence-electron chi connectivity index (χ1n) is 5.23. The third-order valence-electron chi connectivity index (χ3n) is 2.72. The molecule has 1 heterocycles. The molecule has 0 aliphatic rings. The van der Waals surface area contributed by atoms with Gasteiger partial charge in [-0.15, -0.1) is 0 Å². The van der Waals surface area contributed by atoms with Crippen LogP contribution in [0.4, 0.5) is 0 Å². The molecule has 0 fully saturated rings. The topological polar surface area (TPSA) is 17.8 Å². The fourth-order valence-electron chi connectivity index (χ4n) is 1.77. The molecular weight excluding hydrogens is 184 g/mol. The maximum Gasteiger partial charge on any atom is 0.0696 e. The summed E-state index contributed by atoms with van der Waals surface area (Å²) in [6.07, 6.45) is 1.99. The van der Waals surface area contributed by atoms with Crippen LogP contribution < -0.4 is 0 Å². The molecule has 0 N–H and O–H groups in total. The van der Waals surface area contributed by atoms with Crippen molar-refractivity contribution in [1.29, 1.82) is 0 Å². The van der Waals surface area contributed by atoms with Crippen LogP contribution in [0, 0.1) is 6.92 Å². The number of rotatable bonds is 2. The van der Waals surface area contributed by atoms with Gasteiger partial charge in [-0.3, -0.25) is 4.68 Å². The minimum absolute atomic E-state index is 0.367. The van der Waals surface area contributed by atoms with E-state index in [9.17, 15) is 0 Å². The fraction of sp³-hybridized carbons (Fsp3) is 0.308. The Bertz CT molecular complexity index is 457. The highest BCUT2D eigenvalue weighted by Crippen LogP contribution is 2.22. The summed E-state index contributed by atoms with van der Waals surface area (Å²) in [5, 5.41) is 4.43. The van der Waals surface area contributed by atoms with Crippen molar-refractivity contribution in [3.8, 4) is 0 Å². The smallest absolute Gasteiger partial charge is 0.0696 e. The quantitative estimate of drug-likeness (QED) is 0.729. The van der Waals surface area contributed by atoms with Gasteiger partial charge in [0.05, 0.1) is 5.69 Å². The van der Waals surface area contributed by atoms with E-state index < -0.39 is 0 Å². The normalized spacial score (nSPS) is 12.7. The Balaban J connectivity index is 2.32. The second-order valence-electron chi connectivity index (χ2n) is 4.05. The molecule has 0 saturated carbocycles. The van der Waals surface area contributed by atoms with E-state index in [4.69, 9.17) is 0 Å². The highest BCUT2D eigenvalue weighted by atomic mass is 15.2. The van der Waals surface area contributed by atoms with Crippen LogP contribution in [-0.2, 0) is 7.05 Å². The highest BCUT2D eigenvalue weighted by Gasteiger charge is 2.10. The van der Waals surface area contributed by atoms with E-state index in [-0.39, 0.29) is 0 Å². The molecule has 0 bridgehead atoms. The van der Waals surface area contributed by atoms with Crippen LogP contribution >= 0.6 is 0 Å². The molecule has 0 amide bonds. The number of aromatic nitrogens is 2. The van der Waals surface area contributed by atoms with Crippen molar-refractivity contribution >= 4 is 0 Å². The van der Waals surface area contributed by atoms with Crippen LogP contribution in [0.1, 0.15) is 29.7 Å². The van der Waals surface area contributed by atoms with Crippen LogP contribution in [-0.4, -0.2) is 9.78 Å². The third-order valence-corrected chi connectivity index (χ3v) is 2.72. The molecule has 1 aromatic heterocycles. The van der Waals surface area contributed by atoms with Gasteiger partial charge < -0.3 is 0 Å². The summed E-state index contributed by atoms with van der Waals surface area (Å²) in [6, 6.07) is 10.7. The molecule has 2 aromatic rings. The SMILES string of the molecule is Cc1cccc([C@H](C)c2ccn(C)n2)c1. The predicted octanol–water partition coefficient (Wildman–Crippen LogP) is 2.88.